The number of carbonyl (C=O) groups is 1. The van der Waals surface area contributed by atoms with Gasteiger partial charge in [-0.25, -0.2) is 0 Å². The largest absolute Gasteiger partial charge is 0.419 e. The van der Waals surface area contributed by atoms with Crippen molar-refractivity contribution in [3.8, 4) is 0 Å². The van der Waals surface area contributed by atoms with Crippen LogP contribution in [0.15, 0.2) is 30.7 Å². The van der Waals surface area contributed by atoms with Gasteiger partial charge in [0.25, 0.3) is 5.91 Å². The summed E-state index contributed by atoms with van der Waals surface area (Å²) in [6.45, 7) is 1.58. The lowest BCUT2D eigenvalue weighted by molar-refractivity contribution is -0.137. The van der Waals surface area contributed by atoms with Crippen LogP contribution in [-0.4, -0.2) is 22.9 Å². The zero-order chi connectivity index (χ0) is 16.3. The minimum Gasteiger partial charge on any atom is -0.355 e. The first-order valence-electron chi connectivity index (χ1n) is 6.30. The summed E-state index contributed by atoms with van der Waals surface area (Å²) >= 11 is 0. The third kappa shape index (κ3) is 3.33. The molecule has 0 aromatic carbocycles. The van der Waals surface area contributed by atoms with E-state index in [9.17, 15) is 18.0 Å². The van der Waals surface area contributed by atoms with Crippen molar-refractivity contribution in [1.82, 2.24) is 15.3 Å². The SMILES string of the molecule is CNC(=O)c1ccncc1Nc1cc(C)ncc1C(F)(F)F. The predicted molar refractivity (Wildman–Crippen MR) is 74.9 cm³/mol. The fraction of sp³-hybridized carbons (Fsp3) is 0.214. The quantitative estimate of drug-likeness (QED) is 0.915. The first-order chi connectivity index (χ1) is 10.3. The second-order valence-electron chi connectivity index (χ2n) is 4.49. The number of alkyl halides is 3. The molecule has 0 saturated heterocycles. The lowest BCUT2D eigenvalue weighted by atomic mass is 10.1. The van der Waals surface area contributed by atoms with Crippen molar-refractivity contribution < 1.29 is 18.0 Å². The summed E-state index contributed by atoms with van der Waals surface area (Å²) in [6, 6.07) is 2.69. The highest BCUT2D eigenvalue weighted by atomic mass is 19.4. The van der Waals surface area contributed by atoms with E-state index in [4.69, 9.17) is 0 Å². The van der Waals surface area contributed by atoms with E-state index >= 15 is 0 Å². The Morgan fingerprint density at radius 3 is 2.59 bits per heavy atom. The first kappa shape index (κ1) is 15.7. The molecule has 2 rings (SSSR count). The van der Waals surface area contributed by atoms with Crippen LogP contribution in [-0.2, 0) is 6.18 Å². The third-order valence-corrected chi connectivity index (χ3v) is 2.91. The van der Waals surface area contributed by atoms with E-state index in [1.807, 2.05) is 0 Å². The van der Waals surface area contributed by atoms with E-state index in [1.165, 1.54) is 31.6 Å². The number of amides is 1. The van der Waals surface area contributed by atoms with E-state index in [0.717, 1.165) is 6.20 Å². The summed E-state index contributed by atoms with van der Waals surface area (Å²) in [5, 5.41) is 5.04. The van der Waals surface area contributed by atoms with Gasteiger partial charge in [-0.2, -0.15) is 13.2 Å². The van der Waals surface area contributed by atoms with E-state index in [2.05, 4.69) is 20.6 Å². The van der Waals surface area contributed by atoms with Gasteiger partial charge in [-0.1, -0.05) is 0 Å². The van der Waals surface area contributed by atoms with Crippen LogP contribution in [0.3, 0.4) is 0 Å². The Balaban J connectivity index is 2.48. The van der Waals surface area contributed by atoms with Crippen LogP contribution < -0.4 is 10.6 Å². The number of hydrogen-bond donors (Lipinski definition) is 2. The summed E-state index contributed by atoms with van der Waals surface area (Å²) in [5.74, 6) is -0.427. The van der Waals surface area contributed by atoms with Gasteiger partial charge in [-0.3, -0.25) is 14.8 Å². The van der Waals surface area contributed by atoms with Crippen molar-refractivity contribution in [2.24, 2.45) is 0 Å². The van der Waals surface area contributed by atoms with Gasteiger partial charge in [0, 0.05) is 25.1 Å². The fourth-order valence-corrected chi connectivity index (χ4v) is 1.86. The molecule has 2 aromatic rings. The average molecular weight is 310 g/mol. The number of rotatable bonds is 3. The third-order valence-electron chi connectivity index (χ3n) is 2.91. The number of aromatic nitrogens is 2. The molecule has 0 saturated carbocycles. The molecule has 0 unspecified atom stereocenters. The molecule has 5 nitrogen and oxygen atoms in total. The Bertz CT molecular complexity index is 701. The molecule has 0 aliphatic heterocycles. The van der Waals surface area contributed by atoms with Gasteiger partial charge in [0.15, 0.2) is 0 Å². The molecule has 22 heavy (non-hydrogen) atoms. The standard InChI is InChI=1S/C14H13F3N4O/c1-8-5-11(10(6-20-8)14(15,16)17)21-12-7-19-4-3-9(12)13(22)18-2/h3-7H,1-2H3,(H,18,22)(H,20,21). The highest BCUT2D eigenvalue weighted by Crippen LogP contribution is 2.36. The molecule has 2 aromatic heterocycles. The van der Waals surface area contributed by atoms with Gasteiger partial charge in [-0.05, 0) is 19.1 Å². The van der Waals surface area contributed by atoms with Gasteiger partial charge in [0.1, 0.15) is 0 Å². The molecular weight excluding hydrogens is 297 g/mol. The number of pyridine rings is 2. The van der Waals surface area contributed by atoms with Gasteiger partial charge >= 0.3 is 6.18 Å². The Hall–Kier alpha value is -2.64. The minimum absolute atomic E-state index is 0.179. The van der Waals surface area contributed by atoms with Gasteiger partial charge in [0.05, 0.1) is 28.7 Å². The molecule has 2 N–H and O–H groups in total. The summed E-state index contributed by atoms with van der Waals surface area (Å²) in [4.78, 5) is 19.3. The zero-order valence-corrected chi connectivity index (χ0v) is 11.8. The van der Waals surface area contributed by atoms with E-state index in [0.29, 0.717) is 5.69 Å². The predicted octanol–water partition coefficient (Wildman–Crippen LogP) is 2.91. The zero-order valence-electron chi connectivity index (χ0n) is 11.8. The first-order valence-corrected chi connectivity index (χ1v) is 6.30. The maximum atomic E-state index is 13.0. The Morgan fingerprint density at radius 1 is 1.23 bits per heavy atom. The van der Waals surface area contributed by atoms with Crippen LogP contribution >= 0.6 is 0 Å². The number of nitrogens with one attached hydrogen (secondary N) is 2. The van der Waals surface area contributed by atoms with Crippen molar-refractivity contribution in [1.29, 1.82) is 0 Å². The van der Waals surface area contributed by atoms with E-state index in [1.54, 1.807) is 6.92 Å². The molecule has 116 valence electrons. The maximum Gasteiger partial charge on any atom is 0.419 e. The van der Waals surface area contributed by atoms with E-state index < -0.39 is 17.6 Å². The number of aryl methyl sites for hydroxylation is 1. The van der Waals surface area contributed by atoms with Crippen molar-refractivity contribution in [2.45, 2.75) is 13.1 Å². The number of hydrogen-bond acceptors (Lipinski definition) is 4. The molecule has 2 heterocycles. The molecule has 0 atom stereocenters. The average Bonchev–Trinajstić information content (AvgIpc) is 2.46. The summed E-state index contributed by atoms with van der Waals surface area (Å²) in [7, 11) is 1.43. The second-order valence-corrected chi connectivity index (χ2v) is 4.49. The lowest BCUT2D eigenvalue weighted by Gasteiger charge is -2.16. The van der Waals surface area contributed by atoms with Crippen molar-refractivity contribution in [3.63, 3.8) is 0 Å². The van der Waals surface area contributed by atoms with Gasteiger partial charge < -0.3 is 10.6 Å². The Labute approximate surface area is 124 Å². The Kier molecular flexibility index (Phi) is 4.30. The van der Waals surface area contributed by atoms with Crippen LogP contribution in [0.1, 0.15) is 21.6 Å². The summed E-state index contributed by atoms with van der Waals surface area (Å²) < 4.78 is 39.1. The summed E-state index contributed by atoms with van der Waals surface area (Å²) in [6.07, 6.45) is -1.12. The van der Waals surface area contributed by atoms with Crippen molar-refractivity contribution in [3.05, 3.63) is 47.5 Å². The van der Waals surface area contributed by atoms with Crippen LogP contribution in [0.2, 0.25) is 0 Å². The van der Waals surface area contributed by atoms with Crippen LogP contribution in [0.5, 0.6) is 0 Å². The van der Waals surface area contributed by atoms with Gasteiger partial charge in [0.2, 0.25) is 0 Å². The number of carbonyl (C=O) groups excluding carboxylic acids is 1. The van der Waals surface area contributed by atoms with Crippen LogP contribution in [0.25, 0.3) is 0 Å². The topological polar surface area (TPSA) is 66.9 Å². The maximum absolute atomic E-state index is 13.0. The lowest BCUT2D eigenvalue weighted by Crippen LogP contribution is -2.19. The smallest absolute Gasteiger partial charge is 0.355 e. The molecule has 8 heteroatoms. The molecule has 0 radical (unpaired) electrons. The number of anilines is 2. The normalized spacial score (nSPS) is 11.1. The molecule has 0 aliphatic carbocycles. The highest BCUT2D eigenvalue weighted by Gasteiger charge is 2.34. The van der Waals surface area contributed by atoms with Crippen molar-refractivity contribution in [2.75, 3.05) is 12.4 Å². The molecule has 0 fully saturated rings. The molecule has 0 spiro atoms. The van der Waals surface area contributed by atoms with Crippen LogP contribution in [0, 0.1) is 6.92 Å². The highest BCUT2D eigenvalue weighted by molar-refractivity contribution is 6.00. The number of halogens is 3. The Morgan fingerprint density at radius 2 is 1.95 bits per heavy atom. The number of nitrogens with zero attached hydrogens (tertiary/aromatic N) is 2. The van der Waals surface area contributed by atoms with Gasteiger partial charge in [-0.15, -0.1) is 0 Å². The molecular formula is C14H13F3N4O. The molecule has 1 amide bonds. The van der Waals surface area contributed by atoms with E-state index in [-0.39, 0.29) is 16.9 Å². The molecule has 0 aliphatic rings. The van der Waals surface area contributed by atoms with Crippen molar-refractivity contribution >= 4 is 17.3 Å². The van der Waals surface area contributed by atoms with Crippen LogP contribution in [0.4, 0.5) is 24.5 Å². The summed E-state index contributed by atoms with van der Waals surface area (Å²) in [5.41, 5.74) is -0.304. The molecule has 0 bridgehead atoms. The monoisotopic (exact) mass is 310 g/mol. The fourth-order valence-electron chi connectivity index (χ4n) is 1.86. The second kappa shape index (κ2) is 6.00. The minimum atomic E-state index is -4.56.